The van der Waals surface area contributed by atoms with Gasteiger partial charge in [-0.25, -0.2) is 0 Å². The molecule has 1 aromatic carbocycles. The fourth-order valence-corrected chi connectivity index (χ4v) is 5.68. The maximum absolute atomic E-state index is 11.7. The van der Waals surface area contributed by atoms with Crippen molar-refractivity contribution in [2.24, 2.45) is 11.3 Å². The molecule has 138 valence electrons. The summed E-state index contributed by atoms with van der Waals surface area (Å²) in [6, 6.07) is 7.21. The van der Waals surface area contributed by atoms with E-state index in [1.807, 2.05) is 0 Å². The first kappa shape index (κ1) is 18.8. The van der Waals surface area contributed by atoms with Crippen molar-refractivity contribution in [3.63, 3.8) is 0 Å². The van der Waals surface area contributed by atoms with Crippen molar-refractivity contribution in [2.75, 3.05) is 12.3 Å². The van der Waals surface area contributed by atoms with Gasteiger partial charge < -0.3 is 5.32 Å². The van der Waals surface area contributed by atoms with E-state index in [0.29, 0.717) is 11.8 Å². The first-order chi connectivity index (χ1) is 11.8. The van der Waals surface area contributed by atoms with E-state index in [4.69, 9.17) is 0 Å². The number of thiol groups is 1. The number of rotatable bonds is 4. The molecule has 0 saturated heterocycles. The molecule has 2 aliphatic carbocycles. The zero-order valence-corrected chi connectivity index (χ0v) is 17.1. The predicted molar refractivity (Wildman–Crippen MR) is 109 cm³/mol. The van der Waals surface area contributed by atoms with E-state index in [2.05, 4.69) is 63.8 Å². The molecular formula is C22H33NOS. The van der Waals surface area contributed by atoms with Crippen LogP contribution in [0.25, 0.3) is 0 Å². The van der Waals surface area contributed by atoms with Gasteiger partial charge in [0.25, 0.3) is 0 Å². The number of carbonyl (C=O) groups is 1. The highest BCUT2D eigenvalue weighted by atomic mass is 32.1. The Morgan fingerprint density at radius 3 is 2.76 bits per heavy atom. The molecule has 0 unspecified atom stereocenters. The third-order valence-corrected chi connectivity index (χ3v) is 7.29. The molecule has 0 aromatic heterocycles. The Balaban J connectivity index is 1.91. The zero-order chi connectivity index (χ0) is 18.2. The highest BCUT2D eigenvalue weighted by Gasteiger charge is 2.51. The number of fused-ring (bicyclic) bond motifs is 3. The number of hydrogen-bond acceptors (Lipinski definition) is 2. The van der Waals surface area contributed by atoms with Gasteiger partial charge in [0, 0.05) is 6.54 Å². The Kier molecular flexibility index (Phi) is 5.26. The smallest absolute Gasteiger partial charge is 0.229 e. The third-order valence-electron chi connectivity index (χ3n) is 7.00. The average Bonchev–Trinajstić information content (AvgIpc) is 2.59. The van der Waals surface area contributed by atoms with E-state index in [-0.39, 0.29) is 22.5 Å². The fraction of sp³-hybridized carbons (Fsp3) is 0.682. The topological polar surface area (TPSA) is 29.1 Å². The molecular weight excluding hydrogens is 326 g/mol. The van der Waals surface area contributed by atoms with Gasteiger partial charge in [0.15, 0.2) is 0 Å². The van der Waals surface area contributed by atoms with Gasteiger partial charge in [-0.05, 0) is 65.0 Å². The maximum Gasteiger partial charge on any atom is 0.229 e. The van der Waals surface area contributed by atoms with Gasteiger partial charge >= 0.3 is 0 Å². The normalized spacial score (nSPS) is 31.4. The van der Waals surface area contributed by atoms with Crippen LogP contribution in [0.1, 0.15) is 76.0 Å². The Morgan fingerprint density at radius 2 is 2.08 bits per heavy atom. The molecule has 3 atom stereocenters. The molecule has 0 bridgehead atoms. The summed E-state index contributed by atoms with van der Waals surface area (Å²) < 4.78 is 0. The zero-order valence-electron chi connectivity index (χ0n) is 16.2. The summed E-state index contributed by atoms with van der Waals surface area (Å²) in [5.74, 6) is 1.55. The van der Waals surface area contributed by atoms with Crippen LogP contribution in [0, 0.1) is 11.3 Å². The van der Waals surface area contributed by atoms with Gasteiger partial charge in [-0.2, -0.15) is 12.6 Å². The molecule has 0 aliphatic heterocycles. The van der Waals surface area contributed by atoms with E-state index in [0.717, 1.165) is 6.54 Å². The van der Waals surface area contributed by atoms with Crippen LogP contribution in [0.4, 0.5) is 0 Å². The second kappa shape index (κ2) is 6.98. The lowest BCUT2D eigenvalue weighted by molar-refractivity contribution is -0.119. The van der Waals surface area contributed by atoms with Gasteiger partial charge in [-0.1, -0.05) is 52.3 Å². The fourth-order valence-electron chi connectivity index (χ4n) is 5.57. The Morgan fingerprint density at radius 1 is 1.32 bits per heavy atom. The largest absolute Gasteiger partial charge is 0.355 e. The van der Waals surface area contributed by atoms with Crippen LogP contribution in [0.2, 0.25) is 0 Å². The molecule has 2 nitrogen and oxygen atoms in total. The number of hydrogen-bond donors (Lipinski definition) is 2. The molecule has 1 aromatic rings. The molecule has 0 radical (unpaired) electrons. The van der Waals surface area contributed by atoms with Crippen LogP contribution in [-0.2, 0) is 16.6 Å². The van der Waals surface area contributed by atoms with E-state index in [1.54, 1.807) is 11.1 Å². The van der Waals surface area contributed by atoms with Gasteiger partial charge in [-0.3, -0.25) is 4.79 Å². The number of amides is 1. The molecule has 2 aliphatic rings. The SMILES string of the molecule is CC(C)c1ccc2c(c1)CC[C@H]1[C@](C)(CNC(=O)CS)CCC[C@]21C. The van der Waals surface area contributed by atoms with Crippen LogP contribution in [0.15, 0.2) is 18.2 Å². The van der Waals surface area contributed by atoms with Gasteiger partial charge in [-0.15, -0.1) is 0 Å². The van der Waals surface area contributed by atoms with E-state index < -0.39 is 0 Å². The Bertz CT molecular complexity index is 655. The quantitative estimate of drug-likeness (QED) is 0.738. The summed E-state index contributed by atoms with van der Waals surface area (Å²) in [6.45, 7) is 10.2. The third kappa shape index (κ3) is 3.37. The van der Waals surface area contributed by atoms with Crippen molar-refractivity contribution < 1.29 is 4.79 Å². The van der Waals surface area contributed by atoms with Crippen LogP contribution in [0.3, 0.4) is 0 Å². The average molecular weight is 360 g/mol. The maximum atomic E-state index is 11.7. The van der Waals surface area contributed by atoms with Gasteiger partial charge in [0.1, 0.15) is 0 Å². The first-order valence-corrected chi connectivity index (χ1v) is 10.4. The first-order valence-electron chi connectivity index (χ1n) is 9.81. The second-order valence-corrected chi connectivity index (χ2v) is 9.34. The van der Waals surface area contributed by atoms with Crippen molar-refractivity contribution in [3.05, 3.63) is 34.9 Å². The Hall–Kier alpha value is -0.960. The molecule has 25 heavy (non-hydrogen) atoms. The monoisotopic (exact) mass is 359 g/mol. The van der Waals surface area contributed by atoms with Gasteiger partial charge in [0.2, 0.25) is 5.91 Å². The minimum absolute atomic E-state index is 0.0506. The summed E-state index contributed by atoms with van der Waals surface area (Å²) >= 11 is 4.10. The molecule has 1 fully saturated rings. The lowest BCUT2D eigenvalue weighted by atomic mass is 9.49. The standard InChI is InChI=1S/C22H33NOS/c1-15(2)16-6-8-18-17(12-16)7-9-19-21(3,14-23-20(24)13-25)10-5-11-22(18,19)4/h6,8,12,15,19,25H,5,7,9-11,13-14H2,1-4H3,(H,23,24)/t19-,21-,22+/m0/s1. The lowest BCUT2D eigenvalue weighted by Gasteiger charge is -2.55. The van der Waals surface area contributed by atoms with Crippen molar-refractivity contribution >= 4 is 18.5 Å². The summed E-state index contributed by atoms with van der Waals surface area (Å²) in [6.07, 6.45) is 6.12. The number of carbonyl (C=O) groups excluding carboxylic acids is 1. The van der Waals surface area contributed by atoms with Crippen molar-refractivity contribution in [1.29, 1.82) is 0 Å². The van der Waals surface area contributed by atoms with Crippen LogP contribution < -0.4 is 5.32 Å². The van der Waals surface area contributed by atoms with Gasteiger partial charge in [0.05, 0.1) is 5.75 Å². The molecule has 0 spiro atoms. The van der Waals surface area contributed by atoms with Crippen molar-refractivity contribution in [1.82, 2.24) is 5.32 Å². The number of aryl methyl sites for hydroxylation is 1. The lowest BCUT2D eigenvalue weighted by Crippen LogP contribution is -2.53. The summed E-state index contributed by atoms with van der Waals surface area (Å²) in [7, 11) is 0. The van der Waals surface area contributed by atoms with E-state index >= 15 is 0 Å². The molecule has 3 heteroatoms. The van der Waals surface area contributed by atoms with Crippen LogP contribution in [0.5, 0.6) is 0 Å². The predicted octanol–water partition coefficient (Wildman–Crippen LogP) is 4.87. The second-order valence-electron chi connectivity index (χ2n) is 9.02. The number of nitrogens with one attached hydrogen (secondary N) is 1. The summed E-state index contributed by atoms with van der Waals surface area (Å²) in [5.41, 5.74) is 5.01. The Labute approximate surface area is 158 Å². The molecule has 1 N–H and O–H groups in total. The summed E-state index contributed by atoms with van der Waals surface area (Å²) in [4.78, 5) is 11.7. The minimum Gasteiger partial charge on any atom is -0.355 e. The molecule has 1 saturated carbocycles. The molecule has 0 heterocycles. The summed E-state index contributed by atoms with van der Waals surface area (Å²) in [5, 5.41) is 3.13. The highest BCUT2D eigenvalue weighted by Crippen LogP contribution is 2.57. The molecule has 1 amide bonds. The van der Waals surface area contributed by atoms with E-state index in [1.165, 1.54) is 37.7 Å². The number of benzene rings is 1. The molecule has 3 rings (SSSR count). The highest BCUT2D eigenvalue weighted by molar-refractivity contribution is 7.81. The van der Waals surface area contributed by atoms with Crippen LogP contribution >= 0.6 is 12.6 Å². The van der Waals surface area contributed by atoms with Crippen molar-refractivity contribution in [3.8, 4) is 0 Å². The minimum atomic E-state index is 0.0506. The van der Waals surface area contributed by atoms with E-state index in [9.17, 15) is 4.79 Å². The van der Waals surface area contributed by atoms with Crippen molar-refractivity contribution in [2.45, 2.75) is 71.1 Å². The van der Waals surface area contributed by atoms with Crippen LogP contribution in [-0.4, -0.2) is 18.2 Å².